The molecule has 0 saturated carbocycles. The number of imidazole rings is 1. The minimum absolute atomic E-state index is 0.113. The van der Waals surface area contributed by atoms with Gasteiger partial charge in [-0.15, -0.1) is 0 Å². The molecule has 0 radical (unpaired) electrons. The molecule has 1 aromatic heterocycles. The van der Waals surface area contributed by atoms with Gasteiger partial charge in [0.25, 0.3) is 5.91 Å². The summed E-state index contributed by atoms with van der Waals surface area (Å²) in [5, 5.41) is 8.93. The van der Waals surface area contributed by atoms with Crippen LogP contribution in [0.1, 0.15) is 25.0 Å². The number of aryl methyl sites for hydroxylation is 1. The first kappa shape index (κ1) is 23.4. The molecule has 0 aliphatic carbocycles. The highest BCUT2D eigenvalue weighted by molar-refractivity contribution is 7.81. The smallest absolute Gasteiger partial charge is 0.340 e. The van der Waals surface area contributed by atoms with Crippen molar-refractivity contribution >= 4 is 34.6 Å². The first-order valence-electron chi connectivity index (χ1n) is 9.94. The van der Waals surface area contributed by atoms with E-state index >= 15 is 0 Å². The van der Waals surface area contributed by atoms with Gasteiger partial charge in [-0.25, -0.2) is 9.37 Å². The molecule has 2 aromatic carbocycles. The number of amides is 1. The minimum atomic E-state index is -4.80. The van der Waals surface area contributed by atoms with E-state index in [0.717, 1.165) is 11.0 Å². The molecule has 0 bridgehead atoms. The van der Waals surface area contributed by atoms with Crippen molar-refractivity contribution in [2.75, 3.05) is 9.80 Å². The zero-order valence-electron chi connectivity index (χ0n) is 18.2. The van der Waals surface area contributed by atoms with Crippen molar-refractivity contribution < 1.29 is 22.4 Å². The average molecular weight is 487 g/mol. The molecular formula is C23H17F4N5OS. The highest BCUT2D eigenvalue weighted by Gasteiger charge is 2.50. The van der Waals surface area contributed by atoms with Crippen molar-refractivity contribution in [1.82, 2.24) is 9.55 Å². The number of nitrogens with zero attached hydrogens (tertiary/aromatic N) is 5. The number of carbonyl (C=O) groups is 1. The van der Waals surface area contributed by atoms with Crippen molar-refractivity contribution in [2.24, 2.45) is 7.05 Å². The van der Waals surface area contributed by atoms with Gasteiger partial charge in [-0.2, -0.15) is 18.4 Å². The fourth-order valence-corrected chi connectivity index (χ4v) is 4.38. The average Bonchev–Trinajstić information content (AvgIpc) is 3.25. The lowest BCUT2D eigenvalue weighted by Crippen LogP contribution is -2.44. The fourth-order valence-electron chi connectivity index (χ4n) is 3.86. The molecular weight excluding hydrogens is 470 g/mol. The van der Waals surface area contributed by atoms with Gasteiger partial charge in [0.15, 0.2) is 5.11 Å². The second-order valence-corrected chi connectivity index (χ2v) is 8.61. The molecule has 6 nitrogen and oxygen atoms in total. The maximum absolute atomic E-state index is 15.0. The topological polar surface area (TPSA) is 65.2 Å². The molecule has 11 heteroatoms. The molecule has 174 valence electrons. The van der Waals surface area contributed by atoms with E-state index < -0.39 is 34.6 Å². The van der Waals surface area contributed by atoms with E-state index in [1.54, 1.807) is 37.7 Å². The monoisotopic (exact) mass is 487 g/mol. The Hall–Kier alpha value is -3.78. The lowest BCUT2D eigenvalue weighted by molar-refractivity contribution is -0.137. The summed E-state index contributed by atoms with van der Waals surface area (Å²) in [6.07, 6.45) is -1.62. The predicted molar refractivity (Wildman–Crippen MR) is 121 cm³/mol. The summed E-state index contributed by atoms with van der Waals surface area (Å²) in [7, 11) is 1.75. The van der Waals surface area contributed by atoms with Crippen molar-refractivity contribution in [1.29, 1.82) is 5.26 Å². The van der Waals surface area contributed by atoms with E-state index in [1.165, 1.54) is 35.5 Å². The third kappa shape index (κ3) is 3.70. The molecule has 0 spiro atoms. The number of thiocarbonyl (C=S) groups is 1. The largest absolute Gasteiger partial charge is 0.417 e. The Kier molecular flexibility index (Phi) is 5.44. The third-order valence-electron chi connectivity index (χ3n) is 5.55. The van der Waals surface area contributed by atoms with E-state index in [4.69, 9.17) is 17.5 Å². The Bertz CT molecular complexity index is 1370. The minimum Gasteiger partial charge on any atom is -0.340 e. The number of hydrogen-bond acceptors (Lipinski definition) is 4. The van der Waals surface area contributed by atoms with Crippen LogP contribution in [0.3, 0.4) is 0 Å². The van der Waals surface area contributed by atoms with E-state index in [9.17, 15) is 22.4 Å². The highest BCUT2D eigenvalue weighted by Crippen LogP contribution is 2.40. The van der Waals surface area contributed by atoms with Gasteiger partial charge in [-0.1, -0.05) is 0 Å². The summed E-state index contributed by atoms with van der Waals surface area (Å²) >= 11 is 5.47. The first-order chi connectivity index (χ1) is 15.9. The summed E-state index contributed by atoms with van der Waals surface area (Å²) in [5.41, 5.74) is -2.28. The quantitative estimate of drug-likeness (QED) is 0.383. The van der Waals surface area contributed by atoms with Gasteiger partial charge in [-0.05, 0) is 62.5 Å². The van der Waals surface area contributed by atoms with E-state index in [2.05, 4.69) is 4.98 Å². The second-order valence-electron chi connectivity index (χ2n) is 8.25. The van der Waals surface area contributed by atoms with Gasteiger partial charge in [0, 0.05) is 24.5 Å². The molecule has 4 rings (SSSR count). The standard InChI is InChI=1S/C23H17F4N5OS/c1-22(2)20(33)31(14-5-4-13(10-28)17(8-14)23(25,26)27)21(34)32(22)15-6-7-16(18(24)9-15)19-11-30(3)12-29-19/h4-9,11-12H,1-3H3. The van der Waals surface area contributed by atoms with Crippen LogP contribution in [-0.4, -0.2) is 26.1 Å². The molecule has 1 amide bonds. The van der Waals surface area contributed by atoms with Crippen LogP contribution in [0.2, 0.25) is 0 Å². The van der Waals surface area contributed by atoms with Crippen LogP contribution in [-0.2, 0) is 18.0 Å². The van der Waals surface area contributed by atoms with Crippen LogP contribution in [0, 0.1) is 17.1 Å². The van der Waals surface area contributed by atoms with Gasteiger partial charge in [0.05, 0.1) is 34.9 Å². The maximum atomic E-state index is 15.0. The maximum Gasteiger partial charge on any atom is 0.417 e. The Balaban J connectivity index is 1.77. The predicted octanol–water partition coefficient (Wildman–Crippen LogP) is 5.03. The van der Waals surface area contributed by atoms with Crippen LogP contribution in [0.15, 0.2) is 48.9 Å². The number of hydrogen-bond donors (Lipinski definition) is 0. The number of anilines is 2. The molecule has 0 atom stereocenters. The molecule has 1 aliphatic heterocycles. The molecule has 1 saturated heterocycles. The number of benzene rings is 2. The van der Waals surface area contributed by atoms with Crippen molar-refractivity contribution in [2.45, 2.75) is 25.6 Å². The van der Waals surface area contributed by atoms with Gasteiger partial charge < -0.3 is 9.47 Å². The Morgan fingerprint density at radius 3 is 2.35 bits per heavy atom. The molecule has 0 unspecified atom stereocenters. The van der Waals surface area contributed by atoms with Gasteiger partial charge in [0.1, 0.15) is 11.4 Å². The van der Waals surface area contributed by atoms with Crippen LogP contribution < -0.4 is 9.80 Å². The zero-order valence-corrected chi connectivity index (χ0v) is 19.0. The summed E-state index contributed by atoms with van der Waals surface area (Å²) in [5.74, 6) is -1.19. The summed E-state index contributed by atoms with van der Waals surface area (Å²) in [6, 6.07) is 8.71. The first-order valence-corrected chi connectivity index (χ1v) is 10.3. The van der Waals surface area contributed by atoms with Gasteiger partial charge in [-0.3, -0.25) is 9.69 Å². The fraction of sp³-hybridized carbons (Fsp3) is 0.217. The second kappa shape index (κ2) is 7.92. The van der Waals surface area contributed by atoms with Crippen LogP contribution in [0.4, 0.5) is 28.9 Å². The number of carbonyl (C=O) groups excluding carboxylic acids is 1. The van der Waals surface area contributed by atoms with Gasteiger partial charge >= 0.3 is 6.18 Å². The highest BCUT2D eigenvalue weighted by atomic mass is 32.1. The normalized spacial score (nSPS) is 15.7. The summed E-state index contributed by atoms with van der Waals surface area (Å²) < 4.78 is 57.1. The Labute approximate surface area is 197 Å². The number of aromatic nitrogens is 2. The van der Waals surface area contributed by atoms with Crippen LogP contribution in [0.25, 0.3) is 11.3 Å². The zero-order chi connectivity index (χ0) is 25.0. The SMILES string of the molecule is Cn1cnc(-c2ccc(N3C(=S)N(c4ccc(C#N)c(C(F)(F)F)c4)C(=O)C3(C)C)cc2F)c1. The molecule has 34 heavy (non-hydrogen) atoms. The lowest BCUT2D eigenvalue weighted by atomic mass is 10.0. The van der Waals surface area contributed by atoms with E-state index in [1.807, 2.05) is 0 Å². The van der Waals surface area contributed by atoms with E-state index in [0.29, 0.717) is 11.8 Å². The number of alkyl halides is 3. The lowest BCUT2D eigenvalue weighted by Gasteiger charge is -2.29. The molecule has 3 aromatic rings. The van der Waals surface area contributed by atoms with E-state index in [-0.39, 0.29) is 22.1 Å². The third-order valence-corrected chi connectivity index (χ3v) is 5.91. The Morgan fingerprint density at radius 1 is 1.12 bits per heavy atom. The molecule has 1 aliphatic rings. The Morgan fingerprint density at radius 2 is 1.79 bits per heavy atom. The van der Waals surface area contributed by atoms with Crippen molar-refractivity contribution in [3.05, 3.63) is 65.9 Å². The van der Waals surface area contributed by atoms with Crippen LogP contribution in [0.5, 0.6) is 0 Å². The van der Waals surface area contributed by atoms with Crippen molar-refractivity contribution in [3.63, 3.8) is 0 Å². The summed E-state index contributed by atoms with van der Waals surface area (Å²) in [4.78, 5) is 19.7. The summed E-state index contributed by atoms with van der Waals surface area (Å²) in [6.45, 7) is 3.08. The molecule has 1 fully saturated rings. The number of nitriles is 1. The van der Waals surface area contributed by atoms with Crippen LogP contribution >= 0.6 is 12.2 Å². The molecule has 2 heterocycles. The van der Waals surface area contributed by atoms with Gasteiger partial charge in [0.2, 0.25) is 0 Å². The number of rotatable bonds is 3. The number of halogens is 4. The van der Waals surface area contributed by atoms with Crippen molar-refractivity contribution in [3.8, 4) is 17.3 Å². The molecule has 0 N–H and O–H groups in total.